The van der Waals surface area contributed by atoms with E-state index in [9.17, 15) is 10.2 Å². The molecule has 2 N–H and O–H groups in total. The highest BCUT2D eigenvalue weighted by atomic mass is 16.3. The number of hydrogen-bond donors (Lipinski definition) is 2. The number of rotatable bonds is 4. The van der Waals surface area contributed by atoms with Crippen LogP contribution in [0.5, 0.6) is 0 Å². The van der Waals surface area contributed by atoms with Crippen molar-refractivity contribution in [2.24, 2.45) is 40.4 Å². The Kier molecular flexibility index (Phi) is 5.39. The Labute approximate surface area is 180 Å². The van der Waals surface area contributed by atoms with Gasteiger partial charge < -0.3 is 10.2 Å². The van der Waals surface area contributed by atoms with Crippen molar-refractivity contribution in [3.8, 4) is 0 Å². The minimum atomic E-state index is -0.536. The molecule has 0 bridgehead atoms. The zero-order valence-electron chi connectivity index (χ0n) is 19.9. The Hall–Kier alpha value is -0.275. The van der Waals surface area contributed by atoms with Gasteiger partial charge in [0, 0.05) is 5.50 Å². The van der Waals surface area contributed by atoms with E-state index in [-0.39, 0.29) is 0 Å². The van der Waals surface area contributed by atoms with Crippen LogP contribution in [0.25, 0.3) is 0 Å². The predicted octanol–water partition coefficient (Wildman–Crippen LogP) is 5.07. The second-order valence-electron chi connectivity index (χ2n) is 13.0. The summed E-state index contributed by atoms with van der Waals surface area (Å²) in [7, 11) is 2.04. The van der Waals surface area contributed by atoms with E-state index in [1.54, 1.807) is 5.57 Å². The first kappa shape index (κ1) is 21.9. The SMILES string of the molecule is B[C@]1(O)CC[C@@]2(C)C(=CC[C@H]3[C@@H]4CC[C@H]([C@H](C)CCC(C)(C)O)[C@@]4(C)CC[C@@H]32)C1. The van der Waals surface area contributed by atoms with E-state index in [0.717, 1.165) is 49.4 Å². The van der Waals surface area contributed by atoms with Gasteiger partial charge in [0.2, 0.25) is 0 Å². The first-order valence-electron chi connectivity index (χ1n) is 12.5. The second kappa shape index (κ2) is 7.12. The highest BCUT2D eigenvalue weighted by molar-refractivity contribution is 6.14. The first-order chi connectivity index (χ1) is 13.4. The maximum absolute atomic E-state index is 10.7. The molecule has 3 fully saturated rings. The van der Waals surface area contributed by atoms with E-state index in [4.69, 9.17) is 0 Å². The molecule has 0 aromatic rings. The molecule has 0 spiro atoms. The summed E-state index contributed by atoms with van der Waals surface area (Å²) in [4.78, 5) is 0. The Morgan fingerprint density at radius 2 is 1.86 bits per heavy atom. The number of allylic oxidation sites excluding steroid dienone is 1. The molecule has 164 valence electrons. The van der Waals surface area contributed by atoms with Gasteiger partial charge in [0.15, 0.2) is 0 Å². The molecule has 4 rings (SSSR count). The Morgan fingerprint density at radius 3 is 2.55 bits per heavy atom. The minimum Gasteiger partial charge on any atom is -0.399 e. The van der Waals surface area contributed by atoms with Crippen molar-refractivity contribution < 1.29 is 10.2 Å². The van der Waals surface area contributed by atoms with Gasteiger partial charge in [-0.2, -0.15) is 0 Å². The average Bonchev–Trinajstić information content (AvgIpc) is 2.97. The molecular formula is C26H45BO2. The third kappa shape index (κ3) is 3.77. The number of fused-ring (bicyclic) bond motifs is 5. The quantitative estimate of drug-likeness (QED) is 0.511. The fraction of sp³-hybridized carbons (Fsp3) is 0.923. The lowest BCUT2D eigenvalue weighted by Crippen LogP contribution is -2.52. The van der Waals surface area contributed by atoms with Crippen LogP contribution in [0, 0.1) is 40.4 Å². The lowest BCUT2D eigenvalue weighted by atomic mass is 9.45. The van der Waals surface area contributed by atoms with Crippen molar-refractivity contribution in [1.29, 1.82) is 0 Å². The van der Waals surface area contributed by atoms with Crippen molar-refractivity contribution in [2.75, 3.05) is 0 Å². The van der Waals surface area contributed by atoms with E-state index in [2.05, 4.69) is 26.8 Å². The summed E-state index contributed by atoms with van der Waals surface area (Å²) in [5.74, 6) is 4.07. The average molecular weight is 400 g/mol. The molecule has 0 aliphatic heterocycles. The Balaban J connectivity index is 1.53. The van der Waals surface area contributed by atoms with Crippen LogP contribution in [0.3, 0.4) is 0 Å². The molecule has 4 aliphatic carbocycles. The van der Waals surface area contributed by atoms with Gasteiger partial charge >= 0.3 is 0 Å². The van der Waals surface area contributed by atoms with Gasteiger partial charge in [-0.25, -0.2) is 0 Å². The fourth-order valence-electron chi connectivity index (χ4n) is 8.56. The van der Waals surface area contributed by atoms with Crippen molar-refractivity contribution in [3.63, 3.8) is 0 Å². The predicted molar refractivity (Wildman–Crippen MR) is 123 cm³/mol. The fourth-order valence-corrected chi connectivity index (χ4v) is 8.56. The van der Waals surface area contributed by atoms with Gasteiger partial charge in [0.05, 0.1) is 5.60 Å². The van der Waals surface area contributed by atoms with Gasteiger partial charge in [0.1, 0.15) is 7.85 Å². The second-order valence-corrected chi connectivity index (χ2v) is 13.0. The van der Waals surface area contributed by atoms with Crippen LogP contribution in [0.4, 0.5) is 0 Å². The zero-order chi connectivity index (χ0) is 21.2. The molecule has 8 atom stereocenters. The topological polar surface area (TPSA) is 40.5 Å². The van der Waals surface area contributed by atoms with Crippen LogP contribution in [0.15, 0.2) is 11.6 Å². The molecule has 0 aromatic carbocycles. The summed E-state index contributed by atoms with van der Waals surface area (Å²) in [6.45, 7) is 11.5. The molecule has 0 heterocycles. The molecular weight excluding hydrogens is 355 g/mol. The van der Waals surface area contributed by atoms with Crippen molar-refractivity contribution in [3.05, 3.63) is 11.6 Å². The summed E-state index contributed by atoms with van der Waals surface area (Å²) in [6, 6.07) is 0. The van der Waals surface area contributed by atoms with Crippen LogP contribution in [0.2, 0.25) is 0 Å². The minimum absolute atomic E-state index is 0.330. The van der Waals surface area contributed by atoms with Gasteiger partial charge in [-0.3, -0.25) is 0 Å². The largest absolute Gasteiger partial charge is 0.399 e. The molecule has 3 heteroatoms. The van der Waals surface area contributed by atoms with E-state index in [0.29, 0.717) is 16.7 Å². The van der Waals surface area contributed by atoms with E-state index >= 15 is 0 Å². The van der Waals surface area contributed by atoms with Crippen LogP contribution < -0.4 is 0 Å². The Morgan fingerprint density at radius 1 is 1.14 bits per heavy atom. The standard InChI is InChI=1S/C26H45BO2/c1-17(10-12-23(2,3)28)20-8-9-21-19-7-6-18-16-26(27,29)15-14-24(18,4)22(19)11-13-25(20,21)5/h6,17,19-22,28-29H,7-16,27H2,1-5H3/t17-,19+,20-,21+,22+,24+,25-,26+/m1/s1. The lowest BCUT2D eigenvalue weighted by Gasteiger charge is -2.59. The molecule has 0 saturated heterocycles. The van der Waals surface area contributed by atoms with E-state index < -0.39 is 11.1 Å². The third-order valence-corrected chi connectivity index (χ3v) is 10.4. The van der Waals surface area contributed by atoms with Crippen molar-refractivity contribution in [2.45, 2.75) is 110 Å². The third-order valence-electron chi connectivity index (χ3n) is 10.4. The molecule has 0 unspecified atom stereocenters. The Bertz CT molecular complexity index is 662. The molecule has 4 aliphatic rings. The van der Waals surface area contributed by atoms with Crippen LogP contribution in [-0.4, -0.2) is 29.2 Å². The van der Waals surface area contributed by atoms with Gasteiger partial charge in [-0.15, -0.1) is 0 Å². The van der Waals surface area contributed by atoms with Crippen molar-refractivity contribution >= 4 is 7.85 Å². The van der Waals surface area contributed by atoms with Crippen molar-refractivity contribution in [1.82, 2.24) is 0 Å². The molecule has 3 saturated carbocycles. The maximum Gasteiger partial charge on any atom is 0.143 e. The van der Waals surface area contributed by atoms with E-state index in [1.165, 1.54) is 38.5 Å². The van der Waals surface area contributed by atoms with Gasteiger partial charge in [-0.1, -0.05) is 32.4 Å². The highest BCUT2D eigenvalue weighted by Crippen LogP contribution is 2.67. The number of hydrogen-bond acceptors (Lipinski definition) is 2. The monoisotopic (exact) mass is 400 g/mol. The number of aliphatic hydroxyl groups is 2. The molecule has 29 heavy (non-hydrogen) atoms. The maximum atomic E-state index is 10.7. The first-order valence-corrected chi connectivity index (χ1v) is 12.5. The summed E-state index contributed by atoms with van der Waals surface area (Å²) >= 11 is 0. The summed E-state index contributed by atoms with van der Waals surface area (Å²) in [6.07, 6.45) is 14.5. The molecule has 0 radical (unpaired) electrons. The summed E-state index contributed by atoms with van der Waals surface area (Å²) < 4.78 is 0. The van der Waals surface area contributed by atoms with Crippen LogP contribution in [-0.2, 0) is 0 Å². The summed E-state index contributed by atoms with van der Waals surface area (Å²) in [5, 5.41) is 20.9. The molecule has 0 amide bonds. The zero-order valence-corrected chi connectivity index (χ0v) is 19.9. The van der Waals surface area contributed by atoms with Crippen LogP contribution in [0.1, 0.15) is 98.8 Å². The van der Waals surface area contributed by atoms with Gasteiger partial charge in [0.25, 0.3) is 0 Å². The highest BCUT2D eigenvalue weighted by Gasteiger charge is 2.59. The normalized spacial score (nSPS) is 48.3. The van der Waals surface area contributed by atoms with Gasteiger partial charge in [-0.05, 0) is 118 Å². The lowest BCUT2D eigenvalue weighted by molar-refractivity contribution is -0.0622. The molecule has 2 nitrogen and oxygen atoms in total. The smallest absolute Gasteiger partial charge is 0.143 e. The summed E-state index contributed by atoms with van der Waals surface area (Å²) in [5.41, 5.74) is 1.37. The van der Waals surface area contributed by atoms with E-state index in [1.807, 2.05) is 21.7 Å². The van der Waals surface area contributed by atoms with Crippen LogP contribution >= 0.6 is 0 Å². The molecule has 0 aromatic heterocycles.